The van der Waals surface area contributed by atoms with Gasteiger partial charge in [-0.25, -0.2) is 0 Å². The van der Waals surface area contributed by atoms with Gasteiger partial charge in [-0.3, -0.25) is 4.79 Å². The summed E-state index contributed by atoms with van der Waals surface area (Å²) in [6, 6.07) is 26.3. The Morgan fingerprint density at radius 2 is 1.66 bits per heavy atom. The number of anilines is 2. The first kappa shape index (κ1) is 22.1. The van der Waals surface area contributed by atoms with Crippen LogP contribution in [0, 0.1) is 0 Å². The van der Waals surface area contributed by atoms with Gasteiger partial charge in [-0.1, -0.05) is 54.6 Å². The number of carbonyl (C=O) groups excluding carboxylic acids is 1. The molecular formula is C27H31N3O2. The highest BCUT2D eigenvalue weighted by Gasteiger charge is 2.25. The molecule has 1 amide bonds. The molecular weight excluding hydrogens is 398 g/mol. The van der Waals surface area contributed by atoms with Gasteiger partial charge in [-0.05, 0) is 55.4 Å². The smallest absolute Gasteiger partial charge is 0.260 e. The molecule has 3 aromatic rings. The number of amides is 1. The Labute approximate surface area is 190 Å². The highest BCUT2D eigenvalue weighted by atomic mass is 16.5. The summed E-state index contributed by atoms with van der Waals surface area (Å²) in [5, 5.41) is 3.21. The summed E-state index contributed by atoms with van der Waals surface area (Å²) in [6.45, 7) is 2.87. The minimum atomic E-state index is 0.0440. The van der Waals surface area contributed by atoms with E-state index in [2.05, 4.69) is 34.5 Å². The maximum atomic E-state index is 13.2. The van der Waals surface area contributed by atoms with Crippen LogP contribution in [0.4, 0.5) is 11.4 Å². The molecule has 166 valence electrons. The fourth-order valence-electron chi connectivity index (χ4n) is 4.11. The van der Waals surface area contributed by atoms with E-state index in [-0.39, 0.29) is 12.0 Å². The number of para-hydroxylation sites is 1. The normalized spacial score (nSPS) is 14.8. The van der Waals surface area contributed by atoms with Gasteiger partial charge in [0.1, 0.15) is 0 Å². The summed E-state index contributed by atoms with van der Waals surface area (Å²) in [5.41, 5.74) is 4.93. The molecule has 1 unspecified atom stereocenters. The lowest BCUT2D eigenvalue weighted by Crippen LogP contribution is -2.33. The lowest BCUT2D eigenvalue weighted by Gasteiger charge is -2.22. The average Bonchev–Trinajstić information content (AvgIpc) is 2.97. The van der Waals surface area contributed by atoms with Crippen molar-refractivity contribution in [3.05, 3.63) is 95.6 Å². The summed E-state index contributed by atoms with van der Waals surface area (Å²) >= 11 is 0. The molecule has 1 atom stereocenters. The van der Waals surface area contributed by atoms with E-state index in [4.69, 9.17) is 4.74 Å². The maximum Gasteiger partial charge on any atom is 0.260 e. The average molecular weight is 430 g/mol. The van der Waals surface area contributed by atoms with Crippen molar-refractivity contribution < 1.29 is 9.53 Å². The first-order valence-corrected chi connectivity index (χ1v) is 11.2. The Bertz CT molecular complexity index is 1020. The zero-order chi connectivity index (χ0) is 22.3. The minimum absolute atomic E-state index is 0.0440. The summed E-state index contributed by atoms with van der Waals surface area (Å²) in [6.07, 6.45) is 0.955. The van der Waals surface area contributed by atoms with Crippen LogP contribution in [0.15, 0.2) is 78.9 Å². The van der Waals surface area contributed by atoms with Gasteiger partial charge in [-0.15, -0.1) is 0 Å². The predicted molar refractivity (Wildman–Crippen MR) is 130 cm³/mol. The van der Waals surface area contributed by atoms with E-state index in [1.165, 1.54) is 5.56 Å². The van der Waals surface area contributed by atoms with Crippen LogP contribution in [0.3, 0.4) is 0 Å². The van der Waals surface area contributed by atoms with E-state index < -0.39 is 0 Å². The molecule has 1 N–H and O–H groups in total. The number of nitrogens with one attached hydrogen (secondary N) is 1. The Hall–Kier alpha value is -3.15. The molecule has 1 heterocycles. The van der Waals surface area contributed by atoms with Gasteiger partial charge in [0.2, 0.25) is 0 Å². The molecule has 32 heavy (non-hydrogen) atoms. The Kier molecular flexibility index (Phi) is 7.20. The molecule has 1 aliphatic heterocycles. The van der Waals surface area contributed by atoms with Crippen LogP contribution in [0.2, 0.25) is 0 Å². The maximum absolute atomic E-state index is 13.2. The molecule has 0 aliphatic carbocycles. The van der Waals surface area contributed by atoms with Crippen molar-refractivity contribution in [2.75, 3.05) is 43.5 Å². The van der Waals surface area contributed by atoms with E-state index >= 15 is 0 Å². The summed E-state index contributed by atoms with van der Waals surface area (Å²) in [4.78, 5) is 17.2. The van der Waals surface area contributed by atoms with E-state index in [1.807, 2.05) is 73.6 Å². The number of nitrogens with zero attached hydrogens (tertiary/aromatic N) is 2. The van der Waals surface area contributed by atoms with E-state index in [9.17, 15) is 4.79 Å². The first-order chi connectivity index (χ1) is 15.7. The van der Waals surface area contributed by atoms with Crippen LogP contribution in [0.25, 0.3) is 0 Å². The summed E-state index contributed by atoms with van der Waals surface area (Å²) in [5.74, 6) is 0.0464. The van der Waals surface area contributed by atoms with Crippen LogP contribution in [-0.4, -0.2) is 39.6 Å². The number of rotatable bonds is 8. The van der Waals surface area contributed by atoms with Gasteiger partial charge in [0.15, 0.2) is 0 Å². The van der Waals surface area contributed by atoms with Crippen molar-refractivity contribution in [3.63, 3.8) is 0 Å². The highest BCUT2D eigenvalue weighted by Crippen LogP contribution is 2.28. The lowest BCUT2D eigenvalue weighted by molar-refractivity contribution is 0.0344. The number of hydrogen-bond donors (Lipinski definition) is 1. The van der Waals surface area contributed by atoms with Gasteiger partial charge < -0.3 is 19.9 Å². The molecule has 0 radical (unpaired) electrons. The monoisotopic (exact) mass is 429 g/mol. The number of ether oxygens (including phenoxy) is 1. The third-order valence-electron chi connectivity index (χ3n) is 5.98. The Morgan fingerprint density at radius 3 is 2.41 bits per heavy atom. The second kappa shape index (κ2) is 10.4. The fourth-order valence-corrected chi connectivity index (χ4v) is 4.11. The number of carbonyl (C=O) groups is 1. The van der Waals surface area contributed by atoms with Gasteiger partial charge in [-0.2, -0.15) is 0 Å². The fraction of sp³-hybridized carbons (Fsp3) is 0.296. The topological polar surface area (TPSA) is 44.8 Å². The highest BCUT2D eigenvalue weighted by molar-refractivity contribution is 6.10. The summed E-state index contributed by atoms with van der Waals surface area (Å²) < 4.78 is 6.28. The van der Waals surface area contributed by atoms with E-state index in [0.717, 1.165) is 42.0 Å². The molecule has 4 rings (SSSR count). The molecule has 5 nitrogen and oxygen atoms in total. The second-order valence-corrected chi connectivity index (χ2v) is 8.16. The van der Waals surface area contributed by atoms with Crippen molar-refractivity contribution in [2.24, 2.45) is 0 Å². The third-order valence-corrected chi connectivity index (χ3v) is 5.98. The molecule has 0 saturated carbocycles. The number of likely N-dealkylation sites (N-methyl/N-ethyl adjacent to an activating group) is 1. The third kappa shape index (κ3) is 5.01. The van der Waals surface area contributed by atoms with E-state index in [1.54, 1.807) is 0 Å². The molecule has 5 heteroatoms. The SMILES string of the molecule is CNCCC(OCc1ccc(N2CCN(C)c3ccccc3C2=O)cc1)c1ccccc1. The number of fused-ring (bicyclic) bond motifs is 1. The van der Waals surface area contributed by atoms with Crippen LogP contribution in [0.5, 0.6) is 0 Å². The van der Waals surface area contributed by atoms with E-state index in [0.29, 0.717) is 13.2 Å². The predicted octanol–water partition coefficient (Wildman–Crippen LogP) is 4.65. The van der Waals surface area contributed by atoms with Crippen LogP contribution in [0.1, 0.15) is 34.0 Å². The number of benzene rings is 3. The molecule has 1 aliphatic rings. The zero-order valence-corrected chi connectivity index (χ0v) is 18.8. The second-order valence-electron chi connectivity index (χ2n) is 8.16. The standard InChI is InChI=1S/C27H31N3O2/c1-28-17-16-26(22-8-4-3-5-9-22)32-20-21-12-14-23(15-13-21)30-19-18-29(2)25-11-7-6-10-24(25)27(30)31/h3-15,26,28H,16-20H2,1-2H3. The van der Waals surface area contributed by atoms with Gasteiger partial charge in [0, 0.05) is 31.5 Å². The lowest BCUT2D eigenvalue weighted by atomic mass is 10.1. The zero-order valence-electron chi connectivity index (χ0n) is 18.8. The molecule has 0 spiro atoms. The summed E-state index contributed by atoms with van der Waals surface area (Å²) in [7, 11) is 3.99. The van der Waals surface area contributed by atoms with Crippen LogP contribution >= 0.6 is 0 Å². The van der Waals surface area contributed by atoms with Crippen molar-refractivity contribution >= 4 is 17.3 Å². The minimum Gasteiger partial charge on any atom is -0.372 e. The molecule has 0 saturated heterocycles. The van der Waals surface area contributed by atoms with Crippen molar-refractivity contribution in [2.45, 2.75) is 19.1 Å². The van der Waals surface area contributed by atoms with Crippen LogP contribution in [-0.2, 0) is 11.3 Å². The van der Waals surface area contributed by atoms with Crippen molar-refractivity contribution in [1.82, 2.24) is 5.32 Å². The first-order valence-electron chi connectivity index (χ1n) is 11.2. The quantitative estimate of drug-likeness (QED) is 0.566. The van der Waals surface area contributed by atoms with Crippen molar-refractivity contribution in [3.8, 4) is 0 Å². The Balaban J connectivity index is 1.45. The van der Waals surface area contributed by atoms with Gasteiger partial charge in [0.25, 0.3) is 5.91 Å². The van der Waals surface area contributed by atoms with Crippen LogP contribution < -0.4 is 15.1 Å². The molecule has 0 aromatic heterocycles. The largest absolute Gasteiger partial charge is 0.372 e. The number of hydrogen-bond acceptors (Lipinski definition) is 4. The van der Waals surface area contributed by atoms with Gasteiger partial charge in [0.05, 0.1) is 18.3 Å². The van der Waals surface area contributed by atoms with Crippen molar-refractivity contribution in [1.29, 1.82) is 0 Å². The molecule has 0 bridgehead atoms. The molecule has 3 aromatic carbocycles. The van der Waals surface area contributed by atoms with Gasteiger partial charge >= 0.3 is 0 Å². The molecule has 0 fully saturated rings. The Morgan fingerprint density at radius 1 is 0.938 bits per heavy atom.